The van der Waals surface area contributed by atoms with Crippen molar-refractivity contribution >= 4 is 34.1 Å². The number of fused-ring (bicyclic) bond motifs is 1. The molecular weight excluding hydrogens is 374 g/mol. The quantitative estimate of drug-likeness (QED) is 0.716. The second-order valence-electron chi connectivity index (χ2n) is 6.95. The van der Waals surface area contributed by atoms with Crippen LogP contribution in [-0.2, 0) is 9.53 Å². The highest BCUT2D eigenvalue weighted by Gasteiger charge is 2.29. The average molecular weight is 396 g/mol. The van der Waals surface area contributed by atoms with Gasteiger partial charge < -0.3 is 10.1 Å². The number of amides is 1. The summed E-state index contributed by atoms with van der Waals surface area (Å²) in [5.74, 6) is -0.0342. The molecule has 2 heterocycles. The predicted octanol–water partition coefficient (Wildman–Crippen LogP) is 4.29. The summed E-state index contributed by atoms with van der Waals surface area (Å²) in [4.78, 5) is 19.4. The Kier molecular flexibility index (Phi) is 5.57. The summed E-state index contributed by atoms with van der Waals surface area (Å²) >= 11 is 5.98. The van der Waals surface area contributed by atoms with E-state index in [0.29, 0.717) is 18.2 Å². The molecule has 5 nitrogen and oxygen atoms in total. The Morgan fingerprint density at radius 2 is 2.04 bits per heavy atom. The fourth-order valence-corrected chi connectivity index (χ4v) is 3.64. The number of halogens is 1. The zero-order valence-corrected chi connectivity index (χ0v) is 16.4. The van der Waals surface area contributed by atoms with Crippen molar-refractivity contribution < 1.29 is 9.53 Å². The molecule has 6 heteroatoms. The highest BCUT2D eigenvalue weighted by Crippen LogP contribution is 2.26. The molecule has 1 amide bonds. The number of pyridine rings is 1. The molecule has 2 atom stereocenters. The van der Waals surface area contributed by atoms with Crippen LogP contribution in [0.25, 0.3) is 10.9 Å². The lowest BCUT2D eigenvalue weighted by Crippen LogP contribution is -2.48. The fourth-order valence-electron chi connectivity index (χ4n) is 3.52. The number of hydrogen-bond donors (Lipinski definition) is 1. The van der Waals surface area contributed by atoms with E-state index in [1.807, 2.05) is 61.5 Å². The van der Waals surface area contributed by atoms with E-state index in [1.165, 1.54) is 0 Å². The van der Waals surface area contributed by atoms with Gasteiger partial charge in [0.05, 0.1) is 30.0 Å². The molecule has 3 aromatic rings. The van der Waals surface area contributed by atoms with E-state index >= 15 is 0 Å². The van der Waals surface area contributed by atoms with Gasteiger partial charge in [0.15, 0.2) is 0 Å². The van der Waals surface area contributed by atoms with Gasteiger partial charge in [0.2, 0.25) is 5.91 Å². The fraction of sp³-hybridized carbons (Fsp3) is 0.273. The third-order valence-electron chi connectivity index (χ3n) is 5.17. The molecular formula is C22H22ClN3O2. The summed E-state index contributed by atoms with van der Waals surface area (Å²) in [7, 11) is 0. The van der Waals surface area contributed by atoms with E-state index in [-0.39, 0.29) is 18.1 Å². The smallest absolute Gasteiger partial charge is 0.241 e. The first-order valence-electron chi connectivity index (χ1n) is 9.37. The SMILES string of the molecule is C[C@@H](C(=O)Nc1cccc2ncccc12)N1CCO[C@H](c2ccc(Cl)cc2)C1. The molecule has 2 aromatic carbocycles. The number of benzene rings is 2. The van der Waals surface area contributed by atoms with Crippen LogP contribution in [0.3, 0.4) is 0 Å². The normalized spacial score (nSPS) is 18.7. The van der Waals surface area contributed by atoms with Crippen molar-refractivity contribution in [3.63, 3.8) is 0 Å². The van der Waals surface area contributed by atoms with Crippen molar-refractivity contribution in [3.05, 3.63) is 71.4 Å². The molecule has 144 valence electrons. The van der Waals surface area contributed by atoms with Crippen molar-refractivity contribution in [2.75, 3.05) is 25.0 Å². The molecule has 28 heavy (non-hydrogen) atoms. The lowest BCUT2D eigenvalue weighted by molar-refractivity contribution is -0.124. The highest BCUT2D eigenvalue weighted by atomic mass is 35.5. The first kappa shape index (κ1) is 18.9. The number of rotatable bonds is 4. The molecule has 0 unspecified atom stereocenters. The molecule has 1 aromatic heterocycles. The second kappa shape index (κ2) is 8.27. The van der Waals surface area contributed by atoms with Crippen molar-refractivity contribution in [2.24, 2.45) is 0 Å². The highest BCUT2D eigenvalue weighted by molar-refractivity contribution is 6.30. The number of carbonyl (C=O) groups is 1. The van der Waals surface area contributed by atoms with Gasteiger partial charge in [-0.3, -0.25) is 14.7 Å². The molecule has 0 saturated carbocycles. The average Bonchev–Trinajstić information content (AvgIpc) is 2.74. The summed E-state index contributed by atoms with van der Waals surface area (Å²) < 4.78 is 5.92. The maximum absolute atomic E-state index is 12.9. The van der Waals surface area contributed by atoms with Gasteiger partial charge in [-0.2, -0.15) is 0 Å². The van der Waals surface area contributed by atoms with Crippen LogP contribution < -0.4 is 5.32 Å². The third-order valence-corrected chi connectivity index (χ3v) is 5.42. The molecule has 4 rings (SSSR count). The first-order valence-corrected chi connectivity index (χ1v) is 9.75. The predicted molar refractivity (Wildman–Crippen MR) is 112 cm³/mol. The molecule has 0 radical (unpaired) electrons. The molecule has 1 fully saturated rings. The van der Waals surface area contributed by atoms with Gasteiger partial charge in [-0.25, -0.2) is 0 Å². The van der Waals surface area contributed by atoms with E-state index in [1.54, 1.807) is 6.20 Å². The summed E-state index contributed by atoms with van der Waals surface area (Å²) in [5.41, 5.74) is 2.72. The molecule has 1 aliphatic rings. The topological polar surface area (TPSA) is 54.5 Å². The summed E-state index contributed by atoms with van der Waals surface area (Å²) in [6.07, 6.45) is 1.68. The summed E-state index contributed by atoms with van der Waals surface area (Å²) in [6.45, 7) is 3.90. The Bertz CT molecular complexity index is 972. The summed E-state index contributed by atoms with van der Waals surface area (Å²) in [6, 6.07) is 17.0. The van der Waals surface area contributed by atoms with Crippen molar-refractivity contribution in [1.29, 1.82) is 0 Å². The molecule has 1 N–H and O–H groups in total. The third kappa shape index (κ3) is 4.02. The maximum atomic E-state index is 12.9. The van der Waals surface area contributed by atoms with Gasteiger partial charge in [-0.05, 0) is 48.9 Å². The standard InChI is InChI=1S/C22H22ClN3O2/c1-15(22(27)25-20-6-2-5-19-18(20)4-3-11-24-19)26-12-13-28-21(14-26)16-7-9-17(23)10-8-16/h2-11,15,21H,12-14H2,1H3,(H,25,27)/t15-,21-/m0/s1. The van der Waals surface area contributed by atoms with Crippen LogP contribution in [0.15, 0.2) is 60.8 Å². The number of hydrogen-bond acceptors (Lipinski definition) is 4. The van der Waals surface area contributed by atoms with E-state index in [2.05, 4.69) is 15.2 Å². The largest absolute Gasteiger partial charge is 0.371 e. The Hall–Kier alpha value is -2.47. The number of nitrogens with zero attached hydrogens (tertiary/aromatic N) is 2. The minimum Gasteiger partial charge on any atom is -0.371 e. The van der Waals surface area contributed by atoms with Crippen LogP contribution in [-0.4, -0.2) is 41.5 Å². The molecule has 1 saturated heterocycles. The van der Waals surface area contributed by atoms with Crippen molar-refractivity contribution in [3.8, 4) is 0 Å². The van der Waals surface area contributed by atoms with Gasteiger partial charge in [0.1, 0.15) is 0 Å². The number of aromatic nitrogens is 1. The van der Waals surface area contributed by atoms with Crippen molar-refractivity contribution in [2.45, 2.75) is 19.1 Å². The molecule has 0 aliphatic carbocycles. The van der Waals surface area contributed by atoms with Gasteiger partial charge in [-0.1, -0.05) is 29.8 Å². The Morgan fingerprint density at radius 3 is 2.86 bits per heavy atom. The van der Waals surface area contributed by atoms with Crippen LogP contribution in [0, 0.1) is 0 Å². The zero-order chi connectivity index (χ0) is 19.5. The van der Waals surface area contributed by atoms with E-state index < -0.39 is 0 Å². The second-order valence-corrected chi connectivity index (χ2v) is 7.38. The van der Waals surface area contributed by atoms with Gasteiger partial charge in [0, 0.05) is 29.7 Å². The summed E-state index contributed by atoms with van der Waals surface area (Å²) in [5, 5.41) is 4.70. The van der Waals surface area contributed by atoms with Gasteiger partial charge in [0.25, 0.3) is 0 Å². The van der Waals surface area contributed by atoms with E-state index in [9.17, 15) is 4.79 Å². The van der Waals surface area contributed by atoms with Crippen LogP contribution in [0.2, 0.25) is 5.02 Å². The lowest BCUT2D eigenvalue weighted by Gasteiger charge is -2.36. The van der Waals surface area contributed by atoms with Crippen LogP contribution in [0.5, 0.6) is 0 Å². The molecule has 0 spiro atoms. The van der Waals surface area contributed by atoms with E-state index in [0.717, 1.165) is 28.7 Å². The van der Waals surface area contributed by atoms with Gasteiger partial charge in [-0.15, -0.1) is 0 Å². The molecule has 1 aliphatic heterocycles. The van der Waals surface area contributed by atoms with Crippen LogP contribution >= 0.6 is 11.6 Å². The first-order chi connectivity index (χ1) is 13.6. The number of anilines is 1. The number of morpholine rings is 1. The Balaban J connectivity index is 1.46. The maximum Gasteiger partial charge on any atom is 0.241 e. The minimum atomic E-state index is -0.273. The number of nitrogens with one attached hydrogen (secondary N) is 1. The van der Waals surface area contributed by atoms with Gasteiger partial charge >= 0.3 is 0 Å². The van der Waals surface area contributed by atoms with Crippen LogP contribution in [0.1, 0.15) is 18.6 Å². The monoisotopic (exact) mass is 395 g/mol. The van der Waals surface area contributed by atoms with Crippen LogP contribution in [0.4, 0.5) is 5.69 Å². The van der Waals surface area contributed by atoms with Crippen molar-refractivity contribution in [1.82, 2.24) is 9.88 Å². The Labute approximate surface area is 169 Å². The minimum absolute atomic E-state index is 0.0342. The molecule has 0 bridgehead atoms. The number of carbonyl (C=O) groups excluding carboxylic acids is 1. The Morgan fingerprint density at radius 1 is 1.21 bits per heavy atom. The van der Waals surface area contributed by atoms with E-state index in [4.69, 9.17) is 16.3 Å². The zero-order valence-electron chi connectivity index (χ0n) is 15.6. The lowest BCUT2D eigenvalue weighted by atomic mass is 10.1. The number of ether oxygens (including phenoxy) is 1.